The van der Waals surface area contributed by atoms with E-state index < -0.39 is 71.6 Å². The van der Waals surface area contributed by atoms with Crippen LogP contribution < -0.4 is 0 Å². The Balaban J connectivity index is 2.85. The smallest absolute Gasteiger partial charge is 0.394 e. The van der Waals surface area contributed by atoms with Crippen molar-refractivity contribution in [3.05, 3.63) is 0 Å². The molecule has 1 aliphatic carbocycles. The van der Waals surface area contributed by atoms with E-state index in [-0.39, 0.29) is 0 Å². The van der Waals surface area contributed by atoms with Crippen LogP contribution in [0, 0.1) is 0 Å². The SMILES string of the molecule is O=P(O)(O)OC1[C@@H](O)[C@@H](O)C(OP(=O)(O)OCC(O)CO)[C@H](O)[C@H]1O. The van der Waals surface area contributed by atoms with E-state index in [2.05, 4.69) is 13.6 Å². The Morgan fingerprint density at radius 1 is 0.840 bits per heavy atom. The van der Waals surface area contributed by atoms with Crippen molar-refractivity contribution in [1.29, 1.82) is 0 Å². The Hall–Kier alpha value is -0.0200. The molecule has 0 heterocycles. The Morgan fingerprint density at radius 3 is 1.60 bits per heavy atom. The van der Waals surface area contributed by atoms with Gasteiger partial charge < -0.3 is 45.3 Å². The highest BCUT2D eigenvalue weighted by molar-refractivity contribution is 7.47. The van der Waals surface area contributed by atoms with Gasteiger partial charge in [-0.1, -0.05) is 0 Å². The minimum absolute atomic E-state index is 0.798. The van der Waals surface area contributed by atoms with E-state index in [1.807, 2.05) is 0 Å². The molecule has 0 aromatic rings. The van der Waals surface area contributed by atoms with Crippen LogP contribution in [0.2, 0.25) is 0 Å². The normalized spacial score (nSPS) is 37.5. The fourth-order valence-electron chi connectivity index (χ4n) is 2.01. The van der Waals surface area contributed by atoms with Crippen molar-refractivity contribution in [2.24, 2.45) is 0 Å². The van der Waals surface area contributed by atoms with Gasteiger partial charge in [0.2, 0.25) is 0 Å². The van der Waals surface area contributed by atoms with Gasteiger partial charge >= 0.3 is 15.6 Å². The van der Waals surface area contributed by atoms with Crippen molar-refractivity contribution < 1.29 is 68.0 Å². The molecule has 0 aromatic heterocycles. The number of rotatable bonds is 8. The summed E-state index contributed by atoms with van der Waals surface area (Å²) in [5, 5.41) is 56.8. The Bertz CT molecular complexity index is 506. The zero-order valence-electron chi connectivity index (χ0n) is 12.4. The van der Waals surface area contributed by atoms with E-state index in [0.29, 0.717) is 0 Å². The predicted molar refractivity (Wildman–Crippen MR) is 74.7 cm³/mol. The summed E-state index contributed by atoms with van der Waals surface area (Å²) in [5.74, 6) is 0. The number of phosphoric ester groups is 2. The highest BCUT2D eigenvalue weighted by atomic mass is 31.2. The van der Waals surface area contributed by atoms with Gasteiger partial charge in [-0.2, -0.15) is 0 Å². The molecule has 4 unspecified atom stereocenters. The van der Waals surface area contributed by atoms with Crippen molar-refractivity contribution in [1.82, 2.24) is 0 Å². The molecule has 0 bridgehead atoms. The summed E-state index contributed by atoms with van der Waals surface area (Å²) in [6, 6.07) is 0. The van der Waals surface area contributed by atoms with E-state index in [1.54, 1.807) is 0 Å². The average Bonchev–Trinajstić information content (AvgIpc) is 2.50. The average molecular weight is 414 g/mol. The molecule has 0 spiro atoms. The summed E-state index contributed by atoms with van der Waals surface area (Å²) in [7, 11) is -10.2. The minimum atomic E-state index is -5.21. The van der Waals surface area contributed by atoms with Crippen LogP contribution in [0.3, 0.4) is 0 Å². The van der Waals surface area contributed by atoms with Crippen molar-refractivity contribution >= 4 is 15.6 Å². The molecular formula is C9H20O14P2. The monoisotopic (exact) mass is 414 g/mol. The van der Waals surface area contributed by atoms with Gasteiger partial charge in [-0.25, -0.2) is 9.13 Å². The van der Waals surface area contributed by atoms with Gasteiger partial charge in [0.1, 0.15) is 42.7 Å². The molecule has 16 heteroatoms. The molecule has 0 aliphatic heterocycles. The van der Waals surface area contributed by atoms with Crippen LogP contribution >= 0.6 is 15.6 Å². The number of hydrogen-bond donors (Lipinski definition) is 9. The van der Waals surface area contributed by atoms with Crippen molar-refractivity contribution in [2.45, 2.75) is 42.7 Å². The maximum atomic E-state index is 11.7. The standard InChI is InChI=1S/C9H20O14P2/c10-1-3(11)2-21-25(19,20)23-9-6(14)4(12)8(5(13)7(9)15)22-24(16,17)18/h3-15H,1-2H2,(H,19,20)(H2,16,17,18)/t3?,4-,5+,6-,7-,8?,9?/m1/s1. The lowest BCUT2D eigenvalue weighted by Crippen LogP contribution is -2.64. The molecule has 1 rings (SSSR count). The number of phosphoric acid groups is 2. The molecule has 9 N–H and O–H groups in total. The molecule has 14 nitrogen and oxygen atoms in total. The number of aliphatic hydroxyl groups excluding tert-OH is 6. The molecule has 1 aliphatic rings. The molecule has 0 amide bonds. The highest BCUT2D eigenvalue weighted by Gasteiger charge is 2.54. The first-order valence-electron chi connectivity index (χ1n) is 6.70. The maximum absolute atomic E-state index is 11.7. The van der Waals surface area contributed by atoms with E-state index in [0.717, 1.165) is 0 Å². The van der Waals surface area contributed by atoms with Crippen LogP contribution in [0.4, 0.5) is 0 Å². The summed E-state index contributed by atoms with van der Waals surface area (Å²) in [6.07, 6.45) is -14.6. The zero-order chi connectivity index (χ0) is 19.6. The third kappa shape index (κ3) is 6.57. The molecule has 0 radical (unpaired) electrons. The van der Waals surface area contributed by atoms with E-state index in [1.165, 1.54) is 0 Å². The van der Waals surface area contributed by atoms with Crippen molar-refractivity contribution in [2.75, 3.05) is 13.2 Å². The largest absolute Gasteiger partial charge is 0.472 e. The van der Waals surface area contributed by atoms with Gasteiger partial charge in [-0.15, -0.1) is 0 Å². The molecule has 150 valence electrons. The number of aliphatic hydroxyl groups is 6. The van der Waals surface area contributed by atoms with Crippen LogP contribution in [0.15, 0.2) is 0 Å². The van der Waals surface area contributed by atoms with Crippen LogP contribution in [-0.2, 0) is 22.7 Å². The Morgan fingerprint density at radius 2 is 1.24 bits per heavy atom. The van der Waals surface area contributed by atoms with Crippen molar-refractivity contribution in [3.8, 4) is 0 Å². The lowest BCUT2D eigenvalue weighted by atomic mass is 9.85. The minimum Gasteiger partial charge on any atom is -0.394 e. The first kappa shape index (κ1) is 23.0. The fraction of sp³-hybridized carbons (Fsp3) is 1.00. The van der Waals surface area contributed by atoms with Gasteiger partial charge in [0.15, 0.2) is 0 Å². The van der Waals surface area contributed by atoms with Crippen molar-refractivity contribution in [3.63, 3.8) is 0 Å². The van der Waals surface area contributed by atoms with Gasteiger partial charge in [0.25, 0.3) is 0 Å². The summed E-state index contributed by atoms with van der Waals surface area (Å²) in [6.45, 7) is -1.65. The lowest BCUT2D eigenvalue weighted by Gasteiger charge is -2.43. The molecular weight excluding hydrogens is 394 g/mol. The molecule has 8 atom stereocenters. The molecule has 0 saturated heterocycles. The van der Waals surface area contributed by atoms with Gasteiger partial charge in [-0.05, 0) is 0 Å². The summed E-state index contributed by atoms with van der Waals surface area (Å²) >= 11 is 0. The van der Waals surface area contributed by atoms with Crippen LogP contribution in [0.5, 0.6) is 0 Å². The van der Waals surface area contributed by atoms with E-state index >= 15 is 0 Å². The topological polar surface area (TPSA) is 244 Å². The molecule has 1 fully saturated rings. The second kappa shape index (κ2) is 8.78. The first-order chi connectivity index (χ1) is 11.3. The zero-order valence-corrected chi connectivity index (χ0v) is 14.2. The maximum Gasteiger partial charge on any atom is 0.472 e. The van der Waals surface area contributed by atoms with Gasteiger partial charge in [0.05, 0.1) is 13.2 Å². The van der Waals surface area contributed by atoms with Crippen LogP contribution in [0.1, 0.15) is 0 Å². The van der Waals surface area contributed by atoms with Crippen LogP contribution in [-0.4, -0.2) is 101 Å². The molecule has 1 saturated carbocycles. The summed E-state index contributed by atoms with van der Waals surface area (Å²) in [5.41, 5.74) is 0. The van der Waals surface area contributed by atoms with Gasteiger partial charge in [-0.3, -0.25) is 13.6 Å². The Labute approximate surface area is 140 Å². The van der Waals surface area contributed by atoms with E-state index in [9.17, 15) is 34.4 Å². The summed E-state index contributed by atoms with van der Waals surface area (Å²) < 4.78 is 35.3. The van der Waals surface area contributed by atoms with E-state index in [4.69, 9.17) is 20.0 Å². The van der Waals surface area contributed by atoms with Gasteiger partial charge in [0, 0.05) is 0 Å². The van der Waals surface area contributed by atoms with Crippen LogP contribution in [0.25, 0.3) is 0 Å². The highest BCUT2D eigenvalue weighted by Crippen LogP contribution is 2.48. The predicted octanol–water partition coefficient (Wildman–Crippen LogP) is -4.22. The molecule has 25 heavy (non-hydrogen) atoms. The second-order valence-electron chi connectivity index (χ2n) is 5.19. The fourth-order valence-corrected chi connectivity index (χ4v) is 3.55. The second-order valence-corrected chi connectivity index (χ2v) is 7.79. The lowest BCUT2D eigenvalue weighted by molar-refractivity contribution is -0.216. The third-order valence-corrected chi connectivity index (χ3v) is 4.70. The quantitative estimate of drug-likeness (QED) is 0.171. The third-order valence-electron chi connectivity index (χ3n) is 3.20. The molecule has 0 aromatic carbocycles. The first-order valence-corrected chi connectivity index (χ1v) is 9.72. The Kier molecular flexibility index (Phi) is 8.08. The summed E-state index contributed by atoms with van der Waals surface area (Å²) in [4.78, 5) is 26.8. The number of hydrogen-bond acceptors (Lipinski definition) is 11.